The molecule has 3 nitrogen and oxygen atoms in total. The van der Waals surface area contributed by atoms with Crippen molar-refractivity contribution in [2.75, 3.05) is 0 Å². The standard InChI is InChI=1S/C13H22N2OS/c1-5-7-10(11-8-6-9-17-11)14-12(16)15-13(2,3)4/h6,8-10H,5,7H2,1-4H3,(H2,14,15,16). The van der Waals surface area contributed by atoms with Gasteiger partial charge in [-0.1, -0.05) is 19.4 Å². The highest BCUT2D eigenvalue weighted by Gasteiger charge is 2.18. The van der Waals surface area contributed by atoms with Gasteiger partial charge in [-0.15, -0.1) is 11.3 Å². The number of amides is 2. The number of carbonyl (C=O) groups excluding carboxylic acids is 1. The summed E-state index contributed by atoms with van der Waals surface area (Å²) in [5.41, 5.74) is -0.198. The minimum atomic E-state index is -0.198. The normalized spacial score (nSPS) is 13.2. The van der Waals surface area contributed by atoms with Crippen molar-refractivity contribution in [1.29, 1.82) is 0 Å². The summed E-state index contributed by atoms with van der Waals surface area (Å²) in [6, 6.07) is 4.13. The van der Waals surface area contributed by atoms with E-state index in [9.17, 15) is 4.79 Å². The Morgan fingerprint density at radius 2 is 2.18 bits per heavy atom. The molecular formula is C13H22N2OS. The molecule has 0 saturated heterocycles. The molecule has 2 N–H and O–H groups in total. The zero-order chi connectivity index (χ0) is 12.9. The van der Waals surface area contributed by atoms with E-state index in [2.05, 4.69) is 23.6 Å². The minimum absolute atomic E-state index is 0.0932. The van der Waals surface area contributed by atoms with E-state index in [-0.39, 0.29) is 17.6 Å². The monoisotopic (exact) mass is 254 g/mol. The maximum absolute atomic E-state index is 11.8. The molecule has 0 fully saturated rings. The summed E-state index contributed by atoms with van der Waals surface area (Å²) in [7, 11) is 0. The van der Waals surface area contributed by atoms with Crippen LogP contribution >= 0.6 is 11.3 Å². The van der Waals surface area contributed by atoms with E-state index in [4.69, 9.17) is 0 Å². The van der Waals surface area contributed by atoms with Crippen LogP contribution in [-0.4, -0.2) is 11.6 Å². The molecule has 0 spiro atoms. The molecule has 96 valence electrons. The van der Waals surface area contributed by atoms with Crippen molar-refractivity contribution in [2.24, 2.45) is 0 Å². The first-order chi connectivity index (χ1) is 7.92. The van der Waals surface area contributed by atoms with Gasteiger partial charge in [-0.05, 0) is 38.6 Å². The number of hydrogen-bond donors (Lipinski definition) is 2. The summed E-state index contributed by atoms with van der Waals surface area (Å²) >= 11 is 1.69. The molecule has 0 aliphatic carbocycles. The van der Waals surface area contributed by atoms with Crippen molar-refractivity contribution in [3.8, 4) is 0 Å². The lowest BCUT2D eigenvalue weighted by atomic mass is 10.1. The van der Waals surface area contributed by atoms with E-state index >= 15 is 0 Å². The molecule has 0 aliphatic rings. The first-order valence-electron chi connectivity index (χ1n) is 6.04. The Morgan fingerprint density at radius 1 is 1.47 bits per heavy atom. The second-order valence-electron chi connectivity index (χ2n) is 5.21. The summed E-state index contributed by atoms with van der Waals surface area (Å²) in [4.78, 5) is 13.0. The van der Waals surface area contributed by atoms with Gasteiger partial charge in [0.25, 0.3) is 0 Å². The molecule has 0 radical (unpaired) electrons. The molecule has 0 aromatic carbocycles. The van der Waals surface area contributed by atoms with Crippen LogP contribution in [0.3, 0.4) is 0 Å². The summed E-state index contributed by atoms with van der Waals surface area (Å²) in [6.07, 6.45) is 2.02. The van der Waals surface area contributed by atoms with Crippen LogP contribution in [0.1, 0.15) is 51.5 Å². The fourth-order valence-corrected chi connectivity index (χ4v) is 2.41. The Bertz CT molecular complexity index is 341. The van der Waals surface area contributed by atoms with Crippen LogP contribution in [0.2, 0.25) is 0 Å². The fourth-order valence-electron chi connectivity index (χ4n) is 1.60. The molecule has 1 aromatic rings. The van der Waals surface area contributed by atoms with Crippen molar-refractivity contribution in [3.63, 3.8) is 0 Å². The highest BCUT2D eigenvalue weighted by atomic mass is 32.1. The average Bonchev–Trinajstić information content (AvgIpc) is 2.66. The Kier molecular flexibility index (Phi) is 5.00. The van der Waals surface area contributed by atoms with Gasteiger partial charge < -0.3 is 10.6 Å². The third kappa shape index (κ3) is 5.22. The van der Waals surface area contributed by atoms with Crippen molar-refractivity contribution < 1.29 is 4.79 Å². The zero-order valence-electron chi connectivity index (χ0n) is 11.0. The van der Waals surface area contributed by atoms with Gasteiger partial charge in [-0.25, -0.2) is 4.79 Å². The molecule has 0 saturated carbocycles. The number of carbonyl (C=O) groups is 1. The molecule has 1 atom stereocenters. The van der Waals surface area contributed by atoms with E-state index in [1.165, 1.54) is 4.88 Å². The highest BCUT2D eigenvalue weighted by Crippen LogP contribution is 2.23. The molecule has 1 heterocycles. The van der Waals surface area contributed by atoms with Gasteiger partial charge in [-0.3, -0.25) is 0 Å². The van der Waals surface area contributed by atoms with Gasteiger partial charge in [0.1, 0.15) is 0 Å². The maximum Gasteiger partial charge on any atom is 0.315 e. The predicted octanol–water partition coefficient (Wildman–Crippen LogP) is 3.69. The zero-order valence-corrected chi connectivity index (χ0v) is 11.9. The van der Waals surface area contributed by atoms with Crippen LogP contribution in [-0.2, 0) is 0 Å². The van der Waals surface area contributed by atoms with Crippen LogP contribution in [0.25, 0.3) is 0 Å². The van der Waals surface area contributed by atoms with E-state index in [1.807, 2.05) is 32.2 Å². The fraction of sp³-hybridized carbons (Fsp3) is 0.615. The van der Waals surface area contributed by atoms with Crippen molar-refractivity contribution >= 4 is 17.4 Å². The SMILES string of the molecule is CCCC(NC(=O)NC(C)(C)C)c1cccs1. The summed E-state index contributed by atoms with van der Waals surface area (Å²) in [5.74, 6) is 0. The van der Waals surface area contributed by atoms with E-state index in [0.29, 0.717) is 0 Å². The third-order valence-corrected chi connectivity index (χ3v) is 3.24. The Labute approximate surface area is 108 Å². The molecule has 1 rings (SSSR count). The molecule has 1 aromatic heterocycles. The number of hydrogen-bond acceptors (Lipinski definition) is 2. The lowest BCUT2D eigenvalue weighted by molar-refractivity contribution is 0.227. The van der Waals surface area contributed by atoms with E-state index in [0.717, 1.165) is 12.8 Å². The smallest absolute Gasteiger partial charge is 0.315 e. The van der Waals surface area contributed by atoms with Crippen LogP contribution < -0.4 is 10.6 Å². The summed E-state index contributed by atoms with van der Waals surface area (Å²) < 4.78 is 0. The summed E-state index contributed by atoms with van der Waals surface area (Å²) in [5, 5.41) is 8.00. The molecule has 17 heavy (non-hydrogen) atoms. The van der Waals surface area contributed by atoms with E-state index < -0.39 is 0 Å². The topological polar surface area (TPSA) is 41.1 Å². The van der Waals surface area contributed by atoms with Crippen molar-refractivity contribution in [3.05, 3.63) is 22.4 Å². The largest absolute Gasteiger partial charge is 0.334 e. The molecule has 0 bridgehead atoms. The molecule has 0 aliphatic heterocycles. The van der Waals surface area contributed by atoms with Crippen molar-refractivity contribution in [1.82, 2.24) is 10.6 Å². The number of urea groups is 1. The van der Waals surface area contributed by atoms with Gasteiger partial charge in [-0.2, -0.15) is 0 Å². The maximum atomic E-state index is 11.8. The summed E-state index contributed by atoms with van der Waals surface area (Å²) in [6.45, 7) is 8.07. The van der Waals surface area contributed by atoms with Gasteiger partial charge in [0, 0.05) is 10.4 Å². The Hall–Kier alpha value is -1.03. The van der Waals surface area contributed by atoms with E-state index in [1.54, 1.807) is 11.3 Å². The highest BCUT2D eigenvalue weighted by molar-refractivity contribution is 7.10. The second kappa shape index (κ2) is 6.05. The third-order valence-electron chi connectivity index (χ3n) is 2.26. The lowest BCUT2D eigenvalue weighted by Gasteiger charge is -2.24. The van der Waals surface area contributed by atoms with Gasteiger partial charge in [0.05, 0.1) is 6.04 Å². The lowest BCUT2D eigenvalue weighted by Crippen LogP contribution is -2.47. The van der Waals surface area contributed by atoms with Gasteiger partial charge >= 0.3 is 6.03 Å². The quantitative estimate of drug-likeness (QED) is 0.845. The number of rotatable bonds is 4. The Morgan fingerprint density at radius 3 is 2.65 bits per heavy atom. The van der Waals surface area contributed by atoms with Gasteiger partial charge in [0.2, 0.25) is 0 Å². The second-order valence-corrected chi connectivity index (χ2v) is 6.18. The van der Waals surface area contributed by atoms with Crippen LogP contribution in [0.4, 0.5) is 4.79 Å². The minimum Gasteiger partial charge on any atom is -0.334 e. The molecule has 1 unspecified atom stereocenters. The van der Waals surface area contributed by atoms with Gasteiger partial charge in [0.15, 0.2) is 0 Å². The number of thiophene rings is 1. The first kappa shape index (κ1) is 14.0. The first-order valence-corrected chi connectivity index (χ1v) is 6.92. The molecule has 2 amide bonds. The molecule has 4 heteroatoms. The van der Waals surface area contributed by atoms with Crippen LogP contribution in [0.5, 0.6) is 0 Å². The number of nitrogens with one attached hydrogen (secondary N) is 2. The molecular weight excluding hydrogens is 232 g/mol. The Balaban J connectivity index is 2.59. The average molecular weight is 254 g/mol. The predicted molar refractivity (Wildman–Crippen MR) is 73.4 cm³/mol. The van der Waals surface area contributed by atoms with Crippen LogP contribution in [0.15, 0.2) is 17.5 Å². The van der Waals surface area contributed by atoms with Crippen molar-refractivity contribution in [2.45, 2.75) is 52.1 Å². The van der Waals surface area contributed by atoms with Crippen LogP contribution in [0, 0.1) is 0 Å².